The molecule has 7 heteroatoms. The van der Waals surface area contributed by atoms with Crippen molar-refractivity contribution in [2.45, 2.75) is 32.0 Å². The first-order valence-electron chi connectivity index (χ1n) is 5.64. The summed E-state index contributed by atoms with van der Waals surface area (Å²) < 4.78 is 0.651. The molecule has 2 aliphatic heterocycles. The number of unbranched alkanes of at least 4 members (excludes halogenated alkanes) is 1. The second-order valence-corrected chi connectivity index (χ2v) is 4.92. The zero-order chi connectivity index (χ0) is 12.6. The van der Waals surface area contributed by atoms with Gasteiger partial charge in [0.2, 0.25) is 0 Å². The maximum Gasteiger partial charge on any atom is 0.325 e. The SMILES string of the molecule is CCCCN1C(Br)=NC2C1C(=O)NC(=O)N2C. The Morgan fingerprint density at radius 1 is 1.47 bits per heavy atom. The van der Waals surface area contributed by atoms with Crippen LogP contribution in [0.5, 0.6) is 0 Å². The molecule has 0 bridgehead atoms. The summed E-state index contributed by atoms with van der Waals surface area (Å²) in [4.78, 5) is 31.0. The highest BCUT2D eigenvalue weighted by atomic mass is 79.9. The van der Waals surface area contributed by atoms with Gasteiger partial charge in [-0.3, -0.25) is 10.1 Å². The molecule has 0 aliphatic carbocycles. The summed E-state index contributed by atoms with van der Waals surface area (Å²) in [5.41, 5.74) is 0. The molecule has 2 rings (SSSR count). The Kier molecular flexibility index (Phi) is 3.37. The summed E-state index contributed by atoms with van der Waals surface area (Å²) in [5, 5.41) is 2.34. The number of hydrogen-bond acceptors (Lipinski definition) is 4. The van der Waals surface area contributed by atoms with E-state index in [2.05, 4.69) is 33.2 Å². The molecular weight excluding hydrogens is 288 g/mol. The number of nitrogens with zero attached hydrogens (tertiary/aromatic N) is 3. The van der Waals surface area contributed by atoms with Crippen LogP contribution >= 0.6 is 15.9 Å². The van der Waals surface area contributed by atoms with Gasteiger partial charge in [0.25, 0.3) is 5.91 Å². The van der Waals surface area contributed by atoms with E-state index in [0.29, 0.717) is 4.74 Å². The topological polar surface area (TPSA) is 65.0 Å². The average molecular weight is 303 g/mol. The lowest BCUT2D eigenvalue weighted by Crippen LogP contribution is -2.63. The fraction of sp³-hybridized carbons (Fsp3) is 0.700. The minimum Gasteiger partial charge on any atom is -0.335 e. The Labute approximate surface area is 108 Å². The van der Waals surface area contributed by atoms with E-state index < -0.39 is 18.2 Å². The number of likely N-dealkylation sites (N-methyl/N-ethyl adjacent to an activating group) is 1. The number of halogens is 1. The largest absolute Gasteiger partial charge is 0.335 e. The van der Waals surface area contributed by atoms with Crippen molar-refractivity contribution in [2.75, 3.05) is 13.6 Å². The Bertz CT molecular complexity index is 385. The van der Waals surface area contributed by atoms with Crippen molar-refractivity contribution in [1.82, 2.24) is 15.1 Å². The Morgan fingerprint density at radius 3 is 2.82 bits per heavy atom. The molecule has 0 aromatic rings. The highest BCUT2D eigenvalue weighted by Gasteiger charge is 2.47. The van der Waals surface area contributed by atoms with Crippen LogP contribution in [-0.2, 0) is 4.79 Å². The predicted molar refractivity (Wildman–Crippen MR) is 66.9 cm³/mol. The summed E-state index contributed by atoms with van der Waals surface area (Å²) in [6.07, 6.45) is 1.62. The molecule has 17 heavy (non-hydrogen) atoms. The van der Waals surface area contributed by atoms with Gasteiger partial charge < -0.3 is 9.80 Å². The van der Waals surface area contributed by atoms with Gasteiger partial charge in [-0.05, 0) is 22.4 Å². The number of carbonyl (C=O) groups excluding carboxylic acids is 2. The monoisotopic (exact) mass is 302 g/mol. The summed E-state index contributed by atoms with van der Waals surface area (Å²) in [7, 11) is 1.65. The molecule has 2 aliphatic rings. The molecule has 1 N–H and O–H groups in total. The molecule has 1 saturated heterocycles. The molecule has 0 saturated carbocycles. The Hall–Kier alpha value is -1.11. The molecule has 94 valence electrons. The third-order valence-electron chi connectivity index (χ3n) is 3.06. The van der Waals surface area contributed by atoms with Crippen molar-refractivity contribution < 1.29 is 9.59 Å². The van der Waals surface area contributed by atoms with E-state index in [0.717, 1.165) is 19.4 Å². The number of amides is 3. The van der Waals surface area contributed by atoms with Crippen molar-refractivity contribution >= 4 is 32.6 Å². The van der Waals surface area contributed by atoms with Crippen LogP contribution in [0.2, 0.25) is 0 Å². The first-order chi connectivity index (χ1) is 8.06. The van der Waals surface area contributed by atoms with Gasteiger partial charge >= 0.3 is 6.03 Å². The molecule has 0 spiro atoms. The quantitative estimate of drug-likeness (QED) is 0.782. The van der Waals surface area contributed by atoms with E-state index in [1.165, 1.54) is 4.90 Å². The van der Waals surface area contributed by atoms with E-state index >= 15 is 0 Å². The molecule has 2 heterocycles. The van der Waals surface area contributed by atoms with Gasteiger partial charge in [0.15, 0.2) is 17.0 Å². The molecule has 3 amide bonds. The number of urea groups is 1. The maximum absolute atomic E-state index is 11.9. The van der Waals surface area contributed by atoms with Gasteiger partial charge in [0, 0.05) is 13.6 Å². The molecular formula is C10H15BrN4O2. The zero-order valence-electron chi connectivity index (χ0n) is 9.81. The normalized spacial score (nSPS) is 28.1. The molecule has 0 aromatic heterocycles. The second-order valence-electron chi connectivity index (χ2n) is 4.21. The first-order valence-corrected chi connectivity index (χ1v) is 6.43. The fourth-order valence-corrected chi connectivity index (χ4v) is 2.66. The summed E-state index contributed by atoms with van der Waals surface area (Å²) >= 11 is 3.36. The zero-order valence-corrected chi connectivity index (χ0v) is 11.4. The van der Waals surface area contributed by atoms with Crippen LogP contribution in [0, 0.1) is 0 Å². The number of aliphatic imine (C=N–C) groups is 1. The minimum absolute atomic E-state index is 0.271. The molecule has 1 fully saturated rings. The van der Waals surface area contributed by atoms with Crippen LogP contribution in [0.25, 0.3) is 0 Å². The number of hydrogen-bond donors (Lipinski definition) is 1. The minimum atomic E-state index is -0.414. The summed E-state index contributed by atoms with van der Waals surface area (Å²) in [5.74, 6) is -0.271. The number of fused-ring (bicyclic) bond motifs is 1. The molecule has 0 aromatic carbocycles. The fourth-order valence-electron chi connectivity index (χ4n) is 2.05. The van der Waals surface area contributed by atoms with E-state index in [1.54, 1.807) is 7.05 Å². The van der Waals surface area contributed by atoms with Crippen LogP contribution in [0.1, 0.15) is 19.8 Å². The Balaban J connectivity index is 2.20. The predicted octanol–water partition coefficient (Wildman–Crippen LogP) is 0.729. The highest BCUT2D eigenvalue weighted by Crippen LogP contribution is 2.26. The van der Waals surface area contributed by atoms with Gasteiger partial charge in [-0.2, -0.15) is 0 Å². The third-order valence-corrected chi connectivity index (χ3v) is 3.72. The van der Waals surface area contributed by atoms with Crippen molar-refractivity contribution in [3.63, 3.8) is 0 Å². The Morgan fingerprint density at radius 2 is 2.18 bits per heavy atom. The van der Waals surface area contributed by atoms with Crippen molar-refractivity contribution in [3.05, 3.63) is 0 Å². The molecule has 0 radical (unpaired) electrons. The van der Waals surface area contributed by atoms with Crippen molar-refractivity contribution in [1.29, 1.82) is 0 Å². The van der Waals surface area contributed by atoms with Gasteiger partial charge in [-0.1, -0.05) is 13.3 Å². The van der Waals surface area contributed by atoms with Crippen LogP contribution < -0.4 is 5.32 Å². The second kappa shape index (κ2) is 4.64. The van der Waals surface area contributed by atoms with E-state index in [4.69, 9.17) is 0 Å². The molecule has 2 atom stereocenters. The molecule has 6 nitrogen and oxygen atoms in total. The van der Waals surface area contributed by atoms with Crippen molar-refractivity contribution in [3.8, 4) is 0 Å². The number of imide groups is 1. The summed E-state index contributed by atoms with van der Waals surface area (Å²) in [6, 6.07) is -0.795. The van der Waals surface area contributed by atoms with Crippen LogP contribution in [0.3, 0.4) is 0 Å². The van der Waals surface area contributed by atoms with Gasteiger partial charge in [-0.25, -0.2) is 9.79 Å². The number of rotatable bonds is 3. The van der Waals surface area contributed by atoms with Crippen molar-refractivity contribution in [2.24, 2.45) is 4.99 Å². The number of carbonyl (C=O) groups is 2. The van der Waals surface area contributed by atoms with Gasteiger partial charge in [0.1, 0.15) is 0 Å². The van der Waals surface area contributed by atoms with Crippen LogP contribution in [0.4, 0.5) is 4.79 Å². The van der Waals surface area contributed by atoms with E-state index in [1.807, 2.05) is 4.90 Å². The number of amidine groups is 1. The lowest BCUT2D eigenvalue weighted by Gasteiger charge is -2.35. The number of nitrogens with one attached hydrogen (secondary N) is 1. The van der Waals surface area contributed by atoms with Gasteiger partial charge in [-0.15, -0.1) is 0 Å². The third kappa shape index (κ3) is 2.03. The van der Waals surface area contributed by atoms with E-state index in [-0.39, 0.29) is 5.91 Å². The lowest BCUT2D eigenvalue weighted by atomic mass is 10.1. The lowest BCUT2D eigenvalue weighted by molar-refractivity contribution is -0.127. The molecule has 2 unspecified atom stereocenters. The van der Waals surface area contributed by atoms with Gasteiger partial charge in [0.05, 0.1) is 0 Å². The maximum atomic E-state index is 11.9. The van der Waals surface area contributed by atoms with Crippen LogP contribution in [0.15, 0.2) is 4.99 Å². The van der Waals surface area contributed by atoms with Crippen LogP contribution in [-0.4, -0.2) is 52.3 Å². The first kappa shape index (κ1) is 12.3. The highest BCUT2D eigenvalue weighted by molar-refractivity contribution is 9.18. The summed E-state index contributed by atoms with van der Waals surface area (Å²) in [6.45, 7) is 2.85. The smallest absolute Gasteiger partial charge is 0.325 e. The van der Waals surface area contributed by atoms with E-state index in [9.17, 15) is 9.59 Å². The average Bonchev–Trinajstić information content (AvgIpc) is 2.61. The standard InChI is InChI=1S/C10H15BrN4O2/c1-3-4-5-15-6-7(12-9(15)11)14(2)10(17)13-8(6)16/h6-7H,3-5H2,1-2H3,(H,13,16,17).